The fraction of sp³-hybridized carbons (Fsp3) is 0.421. The number of ether oxygens (including phenoxy) is 1. The standard InChI is InChI=1S/C19H25N3O6S/c1-21(29(26,27)11-9-15-6-3-2-4-7-15)13-18(24)28-14-17(23)22-10-5-8-16(12-22)19(20)25/h2-4,6-7,9,11,16H,5,8,10,12-14H2,1H3,(H2,20,25)/b11-9+/t16-/m1/s1. The van der Waals surface area contributed by atoms with Gasteiger partial charge in [0.15, 0.2) is 6.61 Å². The van der Waals surface area contributed by atoms with Crippen molar-refractivity contribution >= 4 is 33.9 Å². The first-order valence-electron chi connectivity index (χ1n) is 9.11. The molecule has 0 spiro atoms. The lowest BCUT2D eigenvalue weighted by molar-refractivity contribution is -0.153. The van der Waals surface area contributed by atoms with Crippen LogP contribution < -0.4 is 5.73 Å². The summed E-state index contributed by atoms with van der Waals surface area (Å²) < 4.78 is 30.2. The molecule has 2 rings (SSSR count). The van der Waals surface area contributed by atoms with Crippen molar-refractivity contribution in [3.63, 3.8) is 0 Å². The van der Waals surface area contributed by atoms with Gasteiger partial charge in [-0.15, -0.1) is 0 Å². The minimum atomic E-state index is -3.82. The van der Waals surface area contributed by atoms with Crippen LogP contribution in [0.15, 0.2) is 35.7 Å². The number of nitrogens with two attached hydrogens (primary N) is 1. The SMILES string of the molecule is CN(CC(=O)OCC(=O)N1CCC[C@@H](C(N)=O)C1)S(=O)(=O)/C=C/c1ccccc1. The zero-order valence-electron chi connectivity index (χ0n) is 16.2. The van der Waals surface area contributed by atoms with Crippen LogP contribution in [0.1, 0.15) is 18.4 Å². The number of likely N-dealkylation sites (N-methyl/N-ethyl adjacent to an activating group) is 1. The van der Waals surface area contributed by atoms with Crippen LogP contribution >= 0.6 is 0 Å². The number of rotatable bonds is 8. The van der Waals surface area contributed by atoms with Crippen LogP contribution in [-0.4, -0.2) is 68.7 Å². The van der Waals surface area contributed by atoms with Crippen molar-refractivity contribution in [1.29, 1.82) is 0 Å². The Labute approximate surface area is 170 Å². The highest BCUT2D eigenvalue weighted by Crippen LogP contribution is 2.16. The van der Waals surface area contributed by atoms with Crippen molar-refractivity contribution in [2.75, 3.05) is 33.3 Å². The van der Waals surface area contributed by atoms with Gasteiger partial charge in [-0.3, -0.25) is 14.4 Å². The van der Waals surface area contributed by atoms with E-state index in [9.17, 15) is 22.8 Å². The zero-order chi connectivity index (χ0) is 21.4. The fourth-order valence-electron chi connectivity index (χ4n) is 2.82. The van der Waals surface area contributed by atoms with Crippen molar-refractivity contribution in [1.82, 2.24) is 9.21 Å². The normalized spacial score (nSPS) is 17.4. The van der Waals surface area contributed by atoms with Crippen molar-refractivity contribution in [3.05, 3.63) is 41.3 Å². The van der Waals surface area contributed by atoms with Crippen LogP contribution in [0.5, 0.6) is 0 Å². The van der Waals surface area contributed by atoms with Crippen LogP contribution in [0.4, 0.5) is 0 Å². The molecule has 2 amide bonds. The Balaban J connectivity index is 1.82. The van der Waals surface area contributed by atoms with E-state index in [0.29, 0.717) is 24.9 Å². The second-order valence-corrected chi connectivity index (χ2v) is 8.68. The lowest BCUT2D eigenvalue weighted by Crippen LogP contribution is -2.45. The number of sulfonamides is 1. The van der Waals surface area contributed by atoms with E-state index in [4.69, 9.17) is 10.5 Å². The third-order valence-electron chi connectivity index (χ3n) is 4.55. The summed E-state index contributed by atoms with van der Waals surface area (Å²) in [5.74, 6) is -2.16. The molecule has 0 aliphatic carbocycles. The van der Waals surface area contributed by atoms with E-state index >= 15 is 0 Å². The molecule has 29 heavy (non-hydrogen) atoms. The first kappa shape index (κ1) is 22.6. The minimum Gasteiger partial charge on any atom is -0.455 e. The van der Waals surface area contributed by atoms with Crippen molar-refractivity contribution in [3.8, 4) is 0 Å². The average molecular weight is 423 g/mol. The smallest absolute Gasteiger partial charge is 0.321 e. The number of nitrogens with zero attached hydrogens (tertiary/aromatic N) is 2. The Bertz CT molecular complexity index is 869. The van der Waals surface area contributed by atoms with Gasteiger partial charge >= 0.3 is 5.97 Å². The molecule has 158 valence electrons. The molecule has 1 saturated heterocycles. The van der Waals surface area contributed by atoms with Gasteiger partial charge in [0.05, 0.1) is 5.92 Å². The van der Waals surface area contributed by atoms with Crippen molar-refractivity contribution in [2.24, 2.45) is 11.7 Å². The Morgan fingerprint density at radius 2 is 1.97 bits per heavy atom. The minimum absolute atomic E-state index is 0.199. The largest absolute Gasteiger partial charge is 0.455 e. The van der Waals surface area contributed by atoms with Gasteiger partial charge in [0.1, 0.15) is 6.54 Å². The predicted octanol–water partition coefficient (Wildman–Crippen LogP) is 0.186. The maximum Gasteiger partial charge on any atom is 0.321 e. The Hall–Kier alpha value is -2.72. The van der Waals surface area contributed by atoms with Gasteiger partial charge in [-0.25, -0.2) is 8.42 Å². The van der Waals surface area contributed by atoms with E-state index in [1.807, 2.05) is 6.07 Å². The van der Waals surface area contributed by atoms with Gasteiger partial charge in [0, 0.05) is 25.5 Å². The lowest BCUT2D eigenvalue weighted by atomic mass is 9.97. The molecule has 1 aromatic rings. The van der Waals surface area contributed by atoms with Crippen LogP contribution in [0, 0.1) is 5.92 Å². The number of carbonyl (C=O) groups is 3. The van der Waals surface area contributed by atoms with Gasteiger partial charge in [0.25, 0.3) is 5.91 Å². The van der Waals surface area contributed by atoms with E-state index in [1.165, 1.54) is 18.0 Å². The van der Waals surface area contributed by atoms with E-state index in [-0.39, 0.29) is 6.54 Å². The maximum atomic E-state index is 12.2. The lowest BCUT2D eigenvalue weighted by Gasteiger charge is -2.31. The molecule has 10 heteroatoms. The van der Waals surface area contributed by atoms with Crippen molar-refractivity contribution < 1.29 is 27.5 Å². The summed E-state index contributed by atoms with van der Waals surface area (Å²) in [5.41, 5.74) is 5.98. The predicted molar refractivity (Wildman–Crippen MR) is 106 cm³/mol. The van der Waals surface area contributed by atoms with E-state index in [2.05, 4.69) is 0 Å². The molecule has 0 unspecified atom stereocenters. The molecule has 0 saturated carbocycles. The van der Waals surface area contributed by atoms with Gasteiger partial charge in [-0.05, 0) is 24.5 Å². The molecular weight excluding hydrogens is 398 g/mol. The number of primary amides is 1. The summed E-state index contributed by atoms with van der Waals surface area (Å²) in [7, 11) is -2.58. The summed E-state index contributed by atoms with van der Waals surface area (Å²) >= 11 is 0. The molecule has 0 radical (unpaired) electrons. The highest BCUT2D eigenvalue weighted by molar-refractivity contribution is 7.92. The Morgan fingerprint density at radius 1 is 1.28 bits per heavy atom. The monoisotopic (exact) mass is 423 g/mol. The highest BCUT2D eigenvalue weighted by Gasteiger charge is 2.27. The molecular formula is C19H25N3O6S. The number of likely N-dealkylation sites (tertiary alicyclic amines) is 1. The zero-order valence-corrected chi connectivity index (χ0v) is 17.0. The summed E-state index contributed by atoms with van der Waals surface area (Å²) in [6, 6.07) is 8.86. The second-order valence-electron chi connectivity index (χ2n) is 6.76. The van der Waals surface area contributed by atoms with E-state index in [0.717, 1.165) is 9.71 Å². The van der Waals surface area contributed by atoms with E-state index < -0.39 is 46.9 Å². The number of esters is 1. The number of hydrogen-bond donors (Lipinski definition) is 1. The topological polar surface area (TPSA) is 127 Å². The first-order chi connectivity index (χ1) is 13.7. The van der Waals surface area contributed by atoms with Gasteiger partial charge in [0.2, 0.25) is 15.9 Å². The molecule has 9 nitrogen and oxygen atoms in total. The molecule has 1 atom stereocenters. The molecule has 1 aromatic carbocycles. The van der Waals surface area contributed by atoms with Crippen LogP contribution in [0.25, 0.3) is 6.08 Å². The van der Waals surface area contributed by atoms with E-state index in [1.54, 1.807) is 24.3 Å². The highest BCUT2D eigenvalue weighted by atomic mass is 32.2. The molecule has 0 bridgehead atoms. The molecule has 1 heterocycles. The molecule has 2 N–H and O–H groups in total. The average Bonchev–Trinajstić information content (AvgIpc) is 2.71. The van der Waals surface area contributed by atoms with Crippen LogP contribution in [0.2, 0.25) is 0 Å². The number of carbonyl (C=O) groups excluding carboxylic acids is 3. The van der Waals surface area contributed by atoms with Crippen LogP contribution in [0.3, 0.4) is 0 Å². The third-order valence-corrected chi connectivity index (χ3v) is 6.03. The number of amides is 2. The third kappa shape index (κ3) is 6.99. The van der Waals surface area contributed by atoms with Gasteiger partial charge in [-0.1, -0.05) is 30.3 Å². The van der Waals surface area contributed by atoms with Crippen LogP contribution in [-0.2, 0) is 29.1 Å². The summed E-state index contributed by atoms with van der Waals surface area (Å²) in [6.07, 6.45) is 2.69. The molecule has 1 aliphatic heterocycles. The summed E-state index contributed by atoms with van der Waals surface area (Å²) in [6.45, 7) is -0.389. The first-order valence-corrected chi connectivity index (χ1v) is 10.6. The summed E-state index contributed by atoms with van der Waals surface area (Å²) in [4.78, 5) is 36.8. The number of piperidine rings is 1. The maximum absolute atomic E-state index is 12.2. The quantitative estimate of drug-likeness (QED) is 0.595. The summed E-state index contributed by atoms with van der Waals surface area (Å²) in [5, 5.41) is 0.998. The fourth-order valence-corrected chi connectivity index (χ4v) is 3.64. The van der Waals surface area contributed by atoms with Gasteiger partial charge < -0.3 is 15.4 Å². The van der Waals surface area contributed by atoms with Gasteiger partial charge in [-0.2, -0.15) is 4.31 Å². The number of hydrogen-bond acceptors (Lipinski definition) is 6. The Kier molecular flexibility index (Phi) is 7.91. The molecule has 1 aliphatic rings. The van der Waals surface area contributed by atoms with Crippen molar-refractivity contribution in [2.45, 2.75) is 12.8 Å². The second kappa shape index (κ2) is 10.2. The molecule has 0 aromatic heterocycles. The molecule has 1 fully saturated rings. The number of benzene rings is 1. The Morgan fingerprint density at radius 3 is 2.62 bits per heavy atom.